The van der Waals surface area contributed by atoms with Crippen molar-refractivity contribution in [2.24, 2.45) is 0 Å². The zero-order chi connectivity index (χ0) is 13.1. The fourth-order valence-corrected chi connectivity index (χ4v) is 3.91. The molecule has 104 valence electrons. The van der Waals surface area contributed by atoms with Crippen LogP contribution in [0.25, 0.3) is 0 Å². The number of nitrogens with one attached hydrogen (secondary N) is 1. The molecule has 1 aliphatic carbocycles. The summed E-state index contributed by atoms with van der Waals surface area (Å²) < 4.78 is 7.28. The van der Waals surface area contributed by atoms with Gasteiger partial charge in [-0.2, -0.15) is 0 Å². The molecule has 0 aromatic heterocycles. The second kappa shape index (κ2) is 5.84. The molecule has 19 heavy (non-hydrogen) atoms. The van der Waals surface area contributed by atoms with Gasteiger partial charge < -0.3 is 10.1 Å². The van der Waals surface area contributed by atoms with Gasteiger partial charge in [-0.3, -0.25) is 0 Å². The Morgan fingerprint density at radius 1 is 1.21 bits per heavy atom. The first-order valence-corrected chi connectivity index (χ1v) is 8.21. The number of benzene rings is 1. The Bertz CT molecular complexity index is 423. The molecule has 1 atom stereocenters. The third-order valence-corrected chi connectivity index (χ3v) is 4.95. The number of ether oxygens (including phenoxy) is 1. The van der Waals surface area contributed by atoms with Crippen molar-refractivity contribution < 1.29 is 4.74 Å². The van der Waals surface area contributed by atoms with E-state index in [1.807, 2.05) is 0 Å². The Balaban J connectivity index is 1.65. The van der Waals surface area contributed by atoms with Gasteiger partial charge in [0, 0.05) is 22.8 Å². The minimum absolute atomic E-state index is 0.181. The van der Waals surface area contributed by atoms with E-state index in [9.17, 15) is 0 Å². The predicted octanol–water partition coefficient (Wildman–Crippen LogP) is 4.74. The molecule has 1 spiro atoms. The van der Waals surface area contributed by atoms with Gasteiger partial charge in [-0.05, 0) is 43.9 Å². The summed E-state index contributed by atoms with van der Waals surface area (Å²) in [6.07, 6.45) is 8.85. The molecular weight excluding hydrogens is 302 g/mol. The highest BCUT2D eigenvalue weighted by Gasteiger charge is 2.38. The van der Waals surface area contributed by atoms with Crippen LogP contribution >= 0.6 is 15.9 Å². The van der Waals surface area contributed by atoms with Crippen LogP contribution in [0.3, 0.4) is 0 Å². The van der Waals surface area contributed by atoms with Crippen molar-refractivity contribution in [2.45, 2.75) is 56.6 Å². The number of hydrogen-bond acceptors (Lipinski definition) is 2. The van der Waals surface area contributed by atoms with Crippen LogP contribution in [-0.4, -0.2) is 18.2 Å². The standard InChI is InChI=1S/C16H22BrNO/c17-13-5-4-6-14(11-13)18-15-7-10-19-16(12-15)8-2-1-3-9-16/h4-6,11,15,18H,1-3,7-10,12H2. The summed E-state index contributed by atoms with van der Waals surface area (Å²) in [5, 5.41) is 3.68. The maximum absolute atomic E-state index is 6.15. The summed E-state index contributed by atoms with van der Waals surface area (Å²) in [6.45, 7) is 0.908. The molecule has 1 heterocycles. The van der Waals surface area contributed by atoms with Crippen LogP contribution in [0.1, 0.15) is 44.9 Å². The van der Waals surface area contributed by atoms with Crippen molar-refractivity contribution in [3.8, 4) is 0 Å². The molecule has 1 unspecified atom stereocenters. The van der Waals surface area contributed by atoms with Crippen LogP contribution in [0, 0.1) is 0 Å². The summed E-state index contributed by atoms with van der Waals surface area (Å²) in [4.78, 5) is 0. The van der Waals surface area contributed by atoms with Crippen molar-refractivity contribution in [1.82, 2.24) is 0 Å². The zero-order valence-corrected chi connectivity index (χ0v) is 12.9. The molecule has 1 N–H and O–H groups in total. The van der Waals surface area contributed by atoms with E-state index in [0.717, 1.165) is 17.5 Å². The lowest BCUT2D eigenvalue weighted by molar-refractivity contribution is -0.103. The van der Waals surface area contributed by atoms with Gasteiger partial charge in [0.15, 0.2) is 0 Å². The molecule has 2 nitrogen and oxygen atoms in total. The maximum atomic E-state index is 6.15. The van der Waals surface area contributed by atoms with Gasteiger partial charge >= 0.3 is 0 Å². The highest BCUT2D eigenvalue weighted by atomic mass is 79.9. The van der Waals surface area contributed by atoms with Crippen molar-refractivity contribution in [3.05, 3.63) is 28.7 Å². The fourth-order valence-electron chi connectivity index (χ4n) is 3.51. The molecule has 0 radical (unpaired) electrons. The first kappa shape index (κ1) is 13.4. The molecule has 1 saturated carbocycles. The highest BCUT2D eigenvalue weighted by Crippen LogP contribution is 2.39. The Hall–Kier alpha value is -0.540. The number of rotatable bonds is 2. The topological polar surface area (TPSA) is 21.3 Å². The normalized spacial score (nSPS) is 26.3. The molecule has 0 amide bonds. The number of anilines is 1. The summed E-state index contributed by atoms with van der Waals surface area (Å²) in [6, 6.07) is 9.01. The third-order valence-electron chi connectivity index (χ3n) is 4.45. The second-order valence-corrected chi connectivity index (χ2v) is 6.85. The highest BCUT2D eigenvalue weighted by molar-refractivity contribution is 9.10. The van der Waals surface area contributed by atoms with E-state index in [2.05, 4.69) is 45.5 Å². The Labute approximate surface area is 124 Å². The lowest BCUT2D eigenvalue weighted by Gasteiger charge is -2.44. The van der Waals surface area contributed by atoms with Crippen molar-refractivity contribution in [3.63, 3.8) is 0 Å². The molecule has 3 rings (SSSR count). The largest absolute Gasteiger partial charge is 0.382 e. The van der Waals surface area contributed by atoms with Gasteiger partial charge in [0.1, 0.15) is 0 Å². The molecule has 2 fully saturated rings. The van der Waals surface area contributed by atoms with E-state index in [4.69, 9.17) is 4.74 Å². The van der Waals surface area contributed by atoms with Crippen LogP contribution in [0.2, 0.25) is 0 Å². The SMILES string of the molecule is Brc1cccc(NC2CCOC3(CCCCC3)C2)c1. The van der Waals surface area contributed by atoms with Crippen LogP contribution < -0.4 is 5.32 Å². The minimum atomic E-state index is 0.181. The Morgan fingerprint density at radius 2 is 2.05 bits per heavy atom. The molecule has 3 heteroatoms. The molecule has 1 aromatic carbocycles. The summed E-state index contributed by atoms with van der Waals surface area (Å²) in [7, 11) is 0. The van der Waals surface area contributed by atoms with Crippen molar-refractivity contribution in [2.75, 3.05) is 11.9 Å². The quantitative estimate of drug-likeness (QED) is 0.848. The minimum Gasteiger partial charge on any atom is -0.382 e. The van der Waals surface area contributed by atoms with Crippen LogP contribution in [0.5, 0.6) is 0 Å². The number of halogens is 1. The van der Waals surface area contributed by atoms with Crippen molar-refractivity contribution in [1.29, 1.82) is 0 Å². The molecule has 0 bridgehead atoms. The summed E-state index contributed by atoms with van der Waals surface area (Å²) >= 11 is 3.53. The molecule has 1 aliphatic heterocycles. The average Bonchev–Trinajstić information content (AvgIpc) is 2.40. The van der Waals surface area contributed by atoms with Crippen LogP contribution in [0.4, 0.5) is 5.69 Å². The van der Waals surface area contributed by atoms with Crippen LogP contribution in [-0.2, 0) is 4.74 Å². The lowest BCUT2D eigenvalue weighted by atomic mass is 9.78. The number of hydrogen-bond donors (Lipinski definition) is 1. The van der Waals surface area contributed by atoms with E-state index in [1.54, 1.807) is 0 Å². The van der Waals surface area contributed by atoms with Crippen molar-refractivity contribution >= 4 is 21.6 Å². The summed E-state index contributed by atoms with van der Waals surface area (Å²) in [5.41, 5.74) is 1.40. The molecular formula is C16H22BrNO. The maximum Gasteiger partial charge on any atom is 0.0702 e. The molecule has 1 aromatic rings. The fraction of sp³-hybridized carbons (Fsp3) is 0.625. The van der Waals surface area contributed by atoms with E-state index in [-0.39, 0.29) is 5.60 Å². The smallest absolute Gasteiger partial charge is 0.0702 e. The van der Waals surface area contributed by atoms with E-state index >= 15 is 0 Å². The predicted molar refractivity (Wildman–Crippen MR) is 82.6 cm³/mol. The monoisotopic (exact) mass is 323 g/mol. The van der Waals surface area contributed by atoms with Gasteiger partial charge in [-0.15, -0.1) is 0 Å². The van der Waals surface area contributed by atoms with Gasteiger partial charge in [-0.1, -0.05) is 41.3 Å². The van der Waals surface area contributed by atoms with Gasteiger partial charge in [-0.25, -0.2) is 0 Å². The lowest BCUT2D eigenvalue weighted by Crippen LogP contribution is -2.45. The van der Waals surface area contributed by atoms with Gasteiger partial charge in [0.05, 0.1) is 5.60 Å². The summed E-state index contributed by atoms with van der Waals surface area (Å²) in [5.74, 6) is 0. The van der Waals surface area contributed by atoms with E-state index in [0.29, 0.717) is 6.04 Å². The first-order valence-electron chi connectivity index (χ1n) is 7.42. The average molecular weight is 324 g/mol. The third kappa shape index (κ3) is 3.32. The van der Waals surface area contributed by atoms with Gasteiger partial charge in [0.25, 0.3) is 0 Å². The van der Waals surface area contributed by atoms with E-state index in [1.165, 1.54) is 44.2 Å². The van der Waals surface area contributed by atoms with Gasteiger partial charge in [0.2, 0.25) is 0 Å². The molecule has 2 aliphatic rings. The zero-order valence-electron chi connectivity index (χ0n) is 11.3. The molecule has 1 saturated heterocycles. The second-order valence-electron chi connectivity index (χ2n) is 5.94. The Kier molecular flexibility index (Phi) is 4.13. The van der Waals surface area contributed by atoms with Crippen LogP contribution in [0.15, 0.2) is 28.7 Å². The Morgan fingerprint density at radius 3 is 2.84 bits per heavy atom. The van der Waals surface area contributed by atoms with E-state index < -0.39 is 0 Å². The first-order chi connectivity index (χ1) is 9.26.